The third-order valence-electron chi connectivity index (χ3n) is 3.94. The standard InChI is InChI=1S/C19H20N2O2S/c1-5-23-15-8-6-7-14(9-15)19-21-16(10-24-19)18-11(2)17(13(4)22)12(3)20-18/h6-10,20H,5H2,1-4H3. The number of nitrogens with zero attached hydrogens (tertiary/aromatic N) is 1. The molecule has 3 aromatic rings. The number of aromatic nitrogens is 2. The number of ketones is 1. The molecule has 2 heterocycles. The van der Waals surface area contributed by atoms with Crippen molar-refractivity contribution in [3.63, 3.8) is 0 Å². The summed E-state index contributed by atoms with van der Waals surface area (Å²) < 4.78 is 5.56. The van der Waals surface area contributed by atoms with E-state index in [1.165, 1.54) is 0 Å². The molecule has 0 radical (unpaired) electrons. The topological polar surface area (TPSA) is 55.0 Å². The maximum absolute atomic E-state index is 11.8. The number of rotatable bonds is 5. The molecule has 1 aromatic carbocycles. The van der Waals surface area contributed by atoms with Crippen LogP contribution >= 0.6 is 11.3 Å². The van der Waals surface area contributed by atoms with Crippen LogP contribution in [0.2, 0.25) is 0 Å². The van der Waals surface area contributed by atoms with Crippen molar-refractivity contribution >= 4 is 17.1 Å². The summed E-state index contributed by atoms with van der Waals surface area (Å²) in [5.41, 5.74) is 5.43. The van der Waals surface area contributed by atoms with Crippen LogP contribution in [0.1, 0.15) is 35.5 Å². The van der Waals surface area contributed by atoms with Crippen molar-refractivity contribution in [2.75, 3.05) is 6.61 Å². The molecule has 124 valence electrons. The van der Waals surface area contributed by atoms with E-state index in [0.717, 1.165) is 44.5 Å². The van der Waals surface area contributed by atoms with Gasteiger partial charge in [0.05, 0.1) is 18.0 Å². The maximum atomic E-state index is 11.8. The normalized spacial score (nSPS) is 10.8. The summed E-state index contributed by atoms with van der Waals surface area (Å²) in [6.45, 7) is 8.09. The smallest absolute Gasteiger partial charge is 0.161 e. The van der Waals surface area contributed by atoms with E-state index in [2.05, 4.69) is 4.98 Å². The minimum atomic E-state index is 0.0763. The molecule has 1 N–H and O–H groups in total. The van der Waals surface area contributed by atoms with Crippen LogP contribution in [0.5, 0.6) is 5.75 Å². The molecule has 0 bridgehead atoms. The van der Waals surface area contributed by atoms with E-state index < -0.39 is 0 Å². The zero-order valence-electron chi connectivity index (χ0n) is 14.3. The number of hydrogen-bond acceptors (Lipinski definition) is 4. The van der Waals surface area contributed by atoms with E-state index >= 15 is 0 Å². The monoisotopic (exact) mass is 340 g/mol. The molecule has 0 unspecified atom stereocenters. The summed E-state index contributed by atoms with van der Waals surface area (Å²) in [4.78, 5) is 19.9. The van der Waals surface area contributed by atoms with Gasteiger partial charge in [-0.3, -0.25) is 4.79 Å². The molecule has 0 atom stereocenters. The average molecular weight is 340 g/mol. The number of H-pyrrole nitrogens is 1. The molecule has 24 heavy (non-hydrogen) atoms. The Kier molecular flexibility index (Phi) is 4.53. The molecule has 3 rings (SSSR count). The lowest BCUT2D eigenvalue weighted by Gasteiger charge is -2.03. The van der Waals surface area contributed by atoms with Gasteiger partial charge in [-0.25, -0.2) is 4.98 Å². The van der Waals surface area contributed by atoms with Gasteiger partial charge in [0.2, 0.25) is 0 Å². The van der Waals surface area contributed by atoms with E-state index in [0.29, 0.717) is 6.61 Å². The number of aryl methyl sites for hydroxylation is 1. The van der Waals surface area contributed by atoms with E-state index in [9.17, 15) is 4.79 Å². The second-order valence-electron chi connectivity index (χ2n) is 5.68. The molecule has 5 heteroatoms. The van der Waals surface area contributed by atoms with Crippen LogP contribution in [0.3, 0.4) is 0 Å². The third kappa shape index (κ3) is 2.99. The van der Waals surface area contributed by atoms with Gasteiger partial charge >= 0.3 is 0 Å². The second-order valence-corrected chi connectivity index (χ2v) is 6.54. The van der Waals surface area contributed by atoms with Gasteiger partial charge in [0.1, 0.15) is 10.8 Å². The van der Waals surface area contributed by atoms with E-state index in [4.69, 9.17) is 9.72 Å². The van der Waals surface area contributed by atoms with Crippen LogP contribution in [0.25, 0.3) is 22.0 Å². The highest BCUT2D eigenvalue weighted by atomic mass is 32.1. The number of aromatic amines is 1. The molecule has 0 spiro atoms. The lowest BCUT2D eigenvalue weighted by Crippen LogP contribution is -1.94. The molecule has 0 saturated heterocycles. The number of Topliss-reactive ketones (excluding diaryl/α,β-unsaturated/α-hetero) is 1. The summed E-state index contributed by atoms with van der Waals surface area (Å²) >= 11 is 1.58. The van der Waals surface area contributed by atoms with Crippen molar-refractivity contribution in [1.29, 1.82) is 0 Å². The predicted octanol–water partition coefficient (Wildman–Crippen LogP) is 5.02. The van der Waals surface area contributed by atoms with Crippen molar-refractivity contribution < 1.29 is 9.53 Å². The number of nitrogens with one attached hydrogen (secondary N) is 1. The Bertz CT molecular complexity index is 893. The molecule has 0 fully saturated rings. The predicted molar refractivity (Wildman–Crippen MR) is 98.0 cm³/mol. The lowest BCUT2D eigenvalue weighted by molar-refractivity contribution is 0.101. The highest BCUT2D eigenvalue weighted by Gasteiger charge is 2.18. The zero-order valence-corrected chi connectivity index (χ0v) is 15.1. The van der Waals surface area contributed by atoms with Gasteiger partial charge in [-0.1, -0.05) is 12.1 Å². The van der Waals surface area contributed by atoms with Gasteiger partial charge in [-0.05, 0) is 45.4 Å². The van der Waals surface area contributed by atoms with Crippen molar-refractivity contribution in [2.45, 2.75) is 27.7 Å². The number of carbonyl (C=O) groups excluding carboxylic acids is 1. The third-order valence-corrected chi connectivity index (χ3v) is 4.83. The van der Waals surface area contributed by atoms with Gasteiger partial charge in [-0.15, -0.1) is 11.3 Å². The minimum absolute atomic E-state index is 0.0763. The molecule has 0 aliphatic carbocycles. The first kappa shape index (κ1) is 16.5. The summed E-state index contributed by atoms with van der Waals surface area (Å²) in [6, 6.07) is 7.94. The van der Waals surface area contributed by atoms with Crippen LogP contribution in [0.4, 0.5) is 0 Å². The summed E-state index contributed by atoms with van der Waals surface area (Å²) in [5, 5.41) is 2.95. The maximum Gasteiger partial charge on any atom is 0.161 e. The first-order valence-corrected chi connectivity index (χ1v) is 8.78. The molecule has 2 aromatic heterocycles. The van der Waals surface area contributed by atoms with Gasteiger partial charge in [0, 0.05) is 22.2 Å². The molecule has 0 saturated carbocycles. The number of benzene rings is 1. The summed E-state index contributed by atoms with van der Waals surface area (Å²) in [5.74, 6) is 0.921. The molecule has 0 aliphatic heterocycles. The number of ether oxygens (including phenoxy) is 1. The summed E-state index contributed by atoms with van der Waals surface area (Å²) in [7, 11) is 0. The first-order valence-electron chi connectivity index (χ1n) is 7.90. The lowest BCUT2D eigenvalue weighted by atomic mass is 10.1. The Morgan fingerprint density at radius 2 is 2.12 bits per heavy atom. The van der Waals surface area contributed by atoms with Gasteiger partial charge in [0.15, 0.2) is 5.78 Å². The van der Waals surface area contributed by atoms with Gasteiger partial charge < -0.3 is 9.72 Å². The van der Waals surface area contributed by atoms with Crippen molar-refractivity contribution in [2.24, 2.45) is 0 Å². The van der Waals surface area contributed by atoms with E-state index in [1.54, 1.807) is 18.3 Å². The fraction of sp³-hybridized carbons (Fsp3) is 0.263. The highest BCUT2D eigenvalue weighted by Crippen LogP contribution is 2.33. The van der Waals surface area contributed by atoms with Gasteiger partial charge in [-0.2, -0.15) is 0 Å². The SMILES string of the molecule is CCOc1cccc(-c2nc(-c3[nH]c(C)c(C(C)=O)c3C)cs2)c1. The van der Waals surface area contributed by atoms with Crippen LogP contribution in [0.15, 0.2) is 29.6 Å². The first-order chi connectivity index (χ1) is 11.5. The Morgan fingerprint density at radius 1 is 1.33 bits per heavy atom. The fourth-order valence-electron chi connectivity index (χ4n) is 2.94. The van der Waals surface area contributed by atoms with Gasteiger partial charge in [0.25, 0.3) is 0 Å². The van der Waals surface area contributed by atoms with E-state index in [1.807, 2.05) is 50.4 Å². The number of hydrogen-bond donors (Lipinski definition) is 1. The molecular weight excluding hydrogens is 320 g/mol. The van der Waals surface area contributed by atoms with Crippen molar-refractivity contribution in [1.82, 2.24) is 9.97 Å². The minimum Gasteiger partial charge on any atom is -0.494 e. The molecular formula is C19H20N2O2S. The van der Waals surface area contributed by atoms with Crippen LogP contribution in [0, 0.1) is 13.8 Å². The van der Waals surface area contributed by atoms with Crippen molar-refractivity contribution in [3.8, 4) is 27.7 Å². The van der Waals surface area contributed by atoms with Crippen molar-refractivity contribution in [3.05, 3.63) is 46.5 Å². The largest absolute Gasteiger partial charge is 0.494 e. The quantitative estimate of drug-likeness (QED) is 0.663. The Labute approximate surface area is 145 Å². The molecule has 4 nitrogen and oxygen atoms in total. The van der Waals surface area contributed by atoms with E-state index in [-0.39, 0.29) is 5.78 Å². The molecule has 0 aliphatic rings. The van der Waals surface area contributed by atoms with Crippen LogP contribution in [-0.4, -0.2) is 22.4 Å². The highest BCUT2D eigenvalue weighted by molar-refractivity contribution is 7.13. The summed E-state index contributed by atoms with van der Waals surface area (Å²) in [6.07, 6.45) is 0. The zero-order chi connectivity index (χ0) is 17.3. The second kappa shape index (κ2) is 6.61. The average Bonchev–Trinajstić information content (AvgIpc) is 3.12. The Balaban J connectivity index is 1.98. The number of carbonyl (C=O) groups is 1. The van der Waals surface area contributed by atoms with Crippen LogP contribution in [-0.2, 0) is 0 Å². The Hall–Kier alpha value is -2.40. The van der Waals surface area contributed by atoms with Crippen LogP contribution < -0.4 is 4.74 Å². The Morgan fingerprint density at radius 3 is 2.79 bits per heavy atom. The molecule has 0 amide bonds. The fourth-order valence-corrected chi connectivity index (χ4v) is 3.75. The number of thiazole rings is 1.